The molecule has 0 N–H and O–H groups in total. The summed E-state index contributed by atoms with van der Waals surface area (Å²) < 4.78 is 11.0. The first-order chi connectivity index (χ1) is 8.58. The Kier molecular flexibility index (Phi) is 3.51. The van der Waals surface area contributed by atoms with Crippen LogP contribution in [-0.2, 0) is 0 Å². The number of hydrogen-bond donors (Lipinski definition) is 0. The molecule has 0 aliphatic carbocycles. The average molecular weight is 244 g/mol. The van der Waals surface area contributed by atoms with Gasteiger partial charge in [0.2, 0.25) is 5.78 Å². The highest BCUT2D eigenvalue weighted by atomic mass is 16.5. The summed E-state index contributed by atoms with van der Waals surface area (Å²) in [6.45, 7) is 5.67. The van der Waals surface area contributed by atoms with Crippen LogP contribution in [0.25, 0.3) is 0 Å². The van der Waals surface area contributed by atoms with Gasteiger partial charge in [0.15, 0.2) is 5.76 Å². The monoisotopic (exact) mass is 244 g/mol. The molecule has 0 fully saturated rings. The standard InChI is InChI=1S/C15H16O3/c1-10(2)17-13-7-5-4-6-12(13)15(16)14-9-8-11(3)18-14/h4-10H,1-3H3. The van der Waals surface area contributed by atoms with Crippen molar-refractivity contribution in [2.24, 2.45) is 0 Å². The Morgan fingerprint density at radius 2 is 1.89 bits per heavy atom. The number of carbonyl (C=O) groups excluding carboxylic acids is 1. The van der Waals surface area contributed by atoms with Crippen molar-refractivity contribution in [3.05, 3.63) is 53.5 Å². The molecule has 3 nitrogen and oxygen atoms in total. The molecule has 0 spiro atoms. The molecule has 0 aliphatic rings. The SMILES string of the molecule is Cc1ccc(C(=O)c2ccccc2OC(C)C)o1. The predicted molar refractivity (Wildman–Crippen MR) is 69.1 cm³/mol. The Morgan fingerprint density at radius 3 is 2.50 bits per heavy atom. The number of benzene rings is 1. The Morgan fingerprint density at radius 1 is 1.17 bits per heavy atom. The van der Waals surface area contributed by atoms with Crippen LogP contribution in [0.15, 0.2) is 40.8 Å². The van der Waals surface area contributed by atoms with Crippen LogP contribution in [0.3, 0.4) is 0 Å². The zero-order chi connectivity index (χ0) is 13.1. The molecular weight excluding hydrogens is 228 g/mol. The van der Waals surface area contributed by atoms with E-state index < -0.39 is 0 Å². The van der Waals surface area contributed by atoms with Gasteiger partial charge in [-0.15, -0.1) is 0 Å². The van der Waals surface area contributed by atoms with E-state index in [9.17, 15) is 4.79 Å². The van der Waals surface area contributed by atoms with E-state index in [4.69, 9.17) is 9.15 Å². The summed E-state index contributed by atoms with van der Waals surface area (Å²) in [6.07, 6.45) is 0.0253. The zero-order valence-electron chi connectivity index (χ0n) is 10.8. The Balaban J connectivity index is 2.35. The lowest BCUT2D eigenvalue weighted by molar-refractivity contribution is 0.100. The van der Waals surface area contributed by atoms with Crippen molar-refractivity contribution in [3.63, 3.8) is 0 Å². The quantitative estimate of drug-likeness (QED) is 0.771. The molecule has 0 bridgehead atoms. The van der Waals surface area contributed by atoms with Crippen molar-refractivity contribution in [2.45, 2.75) is 26.9 Å². The summed E-state index contributed by atoms with van der Waals surface area (Å²) in [7, 11) is 0. The van der Waals surface area contributed by atoms with E-state index in [0.717, 1.165) is 5.76 Å². The first kappa shape index (κ1) is 12.4. The maximum absolute atomic E-state index is 12.3. The third-order valence-electron chi connectivity index (χ3n) is 2.46. The molecule has 2 aromatic rings. The summed E-state index contributed by atoms with van der Waals surface area (Å²) >= 11 is 0. The third kappa shape index (κ3) is 2.62. The first-order valence-electron chi connectivity index (χ1n) is 5.94. The van der Waals surface area contributed by atoms with Gasteiger partial charge in [-0.05, 0) is 45.0 Å². The number of ketones is 1. The van der Waals surface area contributed by atoms with Crippen molar-refractivity contribution in [1.82, 2.24) is 0 Å². The maximum Gasteiger partial charge on any atom is 0.231 e. The first-order valence-corrected chi connectivity index (χ1v) is 5.94. The zero-order valence-corrected chi connectivity index (χ0v) is 10.8. The van der Waals surface area contributed by atoms with Gasteiger partial charge >= 0.3 is 0 Å². The van der Waals surface area contributed by atoms with Gasteiger partial charge in [-0.3, -0.25) is 4.79 Å². The lowest BCUT2D eigenvalue weighted by atomic mass is 10.1. The lowest BCUT2D eigenvalue weighted by Gasteiger charge is -2.12. The van der Waals surface area contributed by atoms with Gasteiger partial charge in [-0.25, -0.2) is 0 Å². The topological polar surface area (TPSA) is 39.4 Å². The summed E-state index contributed by atoms with van der Waals surface area (Å²) in [5, 5.41) is 0. The second-order valence-corrected chi connectivity index (χ2v) is 4.40. The van der Waals surface area contributed by atoms with Crippen LogP contribution in [-0.4, -0.2) is 11.9 Å². The van der Waals surface area contributed by atoms with E-state index in [2.05, 4.69) is 0 Å². The van der Waals surface area contributed by atoms with Crippen LogP contribution in [0, 0.1) is 6.92 Å². The molecule has 0 aliphatic heterocycles. The van der Waals surface area contributed by atoms with Crippen LogP contribution in [0.5, 0.6) is 5.75 Å². The van der Waals surface area contributed by atoms with Gasteiger partial charge in [-0.1, -0.05) is 12.1 Å². The van der Waals surface area contributed by atoms with E-state index in [1.807, 2.05) is 32.9 Å². The molecule has 94 valence electrons. The largest absolute Gasteiger partial charge is 0.490 e. The van der Waals surface area contributed by atoms with Gasteiger partial charge in [0.05, 0.1) is 11.7 Å². The number of furan rings is 1. The van der Waals surface area contributed by atoms with Crippen molar-refractivity contribution in [3.8, 4) is 5.75 Å². The van der Waals surface area contributed by atoms with Crippen LogP contribution < -0.4 is 4.74 Å². The third-order valence-corrected chi connectivity index (χ3v) is 2.46. The molecule has 18 heavy (non-hydrogen) atoms. The van der Waals surface area contributed by atoms with Crippen molar-refractivity contribution >= 4 is 5.78 Å². The number of rotatable bonds is 4. The second-order valence-electron chi connectivity index (χ2n) is 4.40. The normalized spacial score (nSPS) is 10.7. The lowest BCUT2D eigenvalue weighted by Crippen LogP contribution is -2.10. The molecule has 0 radical (unpaired) electrons. The maximum atomic E-state index is 12.3. The number of ether oxygens (including phenoxy) is 1. The molecule has 2 rings (SSSR count). The van der Waals surface area contributed by atoms with Gasteiger partial charge in [0.1, 0.15) is 11.5 Å². The Hall–Kier alpha value is -2.03. The van der Waals surface area contributed by atoms with Crippen molar-refractivity contribution in [1.29, 1.82) is 0 Å². The fraction of sp³-hybridized carbons (Fsp3) is 0.267. The second kappa shape index (κ2) is 5.08. The minimum absolute atomic E-state index is 0.0253. The Bertz CT molecular complexity index is 552. The van der Waals surface area contributed by atoms with Gasteiger partial charge in [0, 0.05) is 0 Å². The van der Waals surface area contributed by atoms with Crippen LogP contribution in [0.2, 0.25) is 0 Å². The number of para-hydroxylation sites is 1. The Labute approximate surface area is 106 Å². The number of aryl methyl sites for hydroxylation is 1. The summed E-state index contributed by atoms with van der Waals surface area (Å²) in [4.78, 5) is 12.3. The molecule has 0 saturated carbocycles. The molecular formula is C15H16O3. The van der Waals surface area contributed by atoms with Crippen molar-refractivity contribution < 1.29 is 13.9 Å². The summed E-state index contributed by atoms with van der Waals surface area (Å²) in [6, 6.07) is 10.7. The molecule has 1 heterocycles. The van der Waals surface area contributed by atoms with Gasteiger partial charge in [-0.2, -0.15) is 0 Å². The van der Waals surface area contributed by atoms with Crippen molar-refractivity contribution in [2.75, 3.05) is 0 Å². The fourth-order valence-corrected chi connectivity index (χ4v) is 1.70. The minimum atomic E-state index is -0.153. The molecule has 3 heteroatoms. The average Bonchev–Trinajstić information content (AvgIpc) is 2.75. The predicted octanol–water partition coefficient (Wildman–Crippen LogP) is 3.61. The van der Waals surface area contributed by atoms with E-state index in [1.54, 1.807) is 24.3 Å². The van der Waals surface area contributed by atoms with E-state index >= 15 is 0 Å². The van der Waals surface area contributed by atoms with Crippen LogP contribution in [0.1, 0.15) is 35.7 Å². The molecule has 1 aromatic carbocycles. The highest BCUT2D eigenvalue weighted by Gasteiger charge is 2.17. The smallest absolute Gasteiger partial charge is 0.231 e. The highest BCUT2D eigenvalue weighted by molar-refractivity contribution is 6.09. The van der Waals surface area contributed by atoms with E-state index in [0.29, 0.717) is 17.1 Å². The van der Waals surface area contributed by atoms with E-state index in [-0.39, 0.29) is 11.9 Å². The molecule has 0 saturated heterocycles. The highest BCUT2D eigenvalue weighted by Crippen LogP contribution is 2.23. The molecule has 0 atom stereocenters. The van der Waals surface area contributed by atoms with Gasteiger partial charge in [0.25, 0.3) is 0 Å². The number of carbonyl (C=O) groups is 1. The van der Waals surface area contributed by atoms with E-state index in [1.165, 1.54) is 0 Å². The number of hydrogen-bond acceptors (Lipinski definition) is 3. The summed E-state index contributed by atoms with van der Waals surface area (Å²) in [5.74, 6) is 1.50. The molecule has 0 amide bonds. The van der Waals surface area contributed by atoms with Gasteiger partial charge < -0.3 is 9.15 Å². The van der Waals surface area contributed by atoms with Crippen LogP contribution in [0.4, 0.5) is 0 Å². The van der Waals surface area contributed by atoms with Crippen LogP contribution >= 0.6 is 0 Å². The molecule has 0 unspecified atom stereocenters. The fourth-order valence-electron chi connectivity index (χ4n) is 1.70. The molecule has 1 aromatic heterocycles. The minimum Gasteiger partial charge on any atom is -0.490 e. The summed E-state index contributed by atoms with van der Waals surface area (Å²) in [5.41, 5.74) is 0.528.